The molecule has 0 aliphatic carbocycles. The molecule has 0 spiro atoms. The predicted molar refractivity (Wildman–Crippen MR) is 42.6 cm³/mol. The van der Waals surface area contributed by atoms with Gasteiger partial charge in [-0.25, -0.2) is 4.79 Å². The number of unbranched alkanes of at least 4 members (excludes halogenated alkanes) is 2. The van der Waals surface area contributed by atoms with Gasteiger partial charge in [-0.3, -0.25) is 0 Å². The van der Waals surface area contributed by atoms with Gasteiger partial charge in [-0.2, -0.15) is 5.26 Å². The molecule has 0 saturated carbocycles. The first kappa shape index (κ1) is 14.6. The lowest BCUT2D eigenvalue weighted by Gasteiger charge is -1.93. The molecule has 0 amide bonds. The molecule has 6 nitrogen and oxygen atoms in total. The Balaban J connectivity index is 0. The molecule has 0 aliphatic heterocycles. The molecular formula is C6H12O6S. The molecule has 0 aromatic carbocycles. The first-order chi connectivity index (χ1) is 6.04. The van der Waals surface area contributed by atoms with Crippen molar-refractivity contribution < 1.29 is 27.6 Å². The van der Waals surface area contributed by atoms with Gasteiger partial charge in [0.1, 0.15) is 0 Å². The van der Waals surface area contributed by atoms with Crippen LogP contribution in [0.15, 0.2) is 0 Å². The van der Waals surface area contributed by atoms with Crippen LogP contribution in [0.2, 0.25) is 0 Å². The van der Waals surface area contributed by atoms with E-state index in [0.717, 1.165) is 19.3 Å². The van der Waals surface area contributed by atoms with Gasteiger partial charge in [0.15, 0.2) is 0 Å². The fraction of sp³-hybridized carbons (Fsp3) is 0.833. The lowest BCUT2D eigenvalue weighted by atomic mass is 10.2. The summed E-state index contributed by atoms with van der Waals surface area (Å²) in [6.45, 7) is 2.05. The first-order valence-electron chi connectivity index (χ1n) is 3.65. The minimum absolute atomic E-state index is 0.324. The molecule has 0 aromatic rings. The fourth-order valence-electron chi connectivity index (χ4n) is 0.565. The van der Waals surface area contributed by atoms with Crippen molar-refractivity contribution in [3.8, 4) is 0 Å². The molecule has 0 atom stereocenters. The van der Waals surface area contributed by atoms with Crippen LogP contribution in [0.5, 0.6) is 0 Å². The molecule has 0 rings (SSSR count). The standard InChI is InChI=1S/C6H12O3.O3S/c1-2-3-4-5-6(7)9-8;1-4(2)3/h8H,2-5H2,1H3;. The van der Waals surface area contributed by atoms with Gasteiger partial charge in [-0.05, 0) is 6.42 Å². The van der Waals surface area contributed by atoms with Gasteiger partial charge in [-0.15, -0.1) is 12.6 Å². The van der Waals surface area contributed by atoms with Crippen LogP contribution in [-0.2, 0) is 20.3 Å². The van der Waals surface area contributed by atoms with Crippen LogP contribution in [0.1, 0.15) is 32.6 Å². The van der Waals surface area contributed by atoms with Crippen LogP contribution in [0.25, 0.3) is 0 Å². The Kier molecular flexibility index (Phi) is 12.4. The van der Waals surface area contributed by atoms with Crippen LogP contribution in [0.4, 0.5) is 0 Å². The van der Waals surface area contributed by atoms with Crippen molar-refractivity contribution in [3.05, 3.63) is 0 Å². The summed E-state index contributed by atoms with van der Waals surface area (Å²) >= 11 is 0. The molecule has 0 aliphatic rings. The molecule has 13 heavy (non-hydrogen) atoms. The van der Waals surface area contributed by atoms with Crippen molar-refractivity contribution in [2.24, 2.45) is 0 Å². The second kappa shape index (κ2) is 11.1. The zero-order valence-corrected chi connectivity index (χ0v) is 8.04. The van der Waals surface area contributed by atoms with E-state index in [1.54, 1.807) is 0 Å². The van der Waals surface area contributed by atoms with Gasteiger partial charge in [0, 0.05) is 6.42 Å². The Morgan fingerprint density at radius 2 is 1.77 bits per heavy atom. The molecule has 0 heterocycles. The molecule has 0 aromatic heterocycles. The van der Waals surface area contributed by atoms with E-state index in [9.17, 15) is 4.79 Å². The second-order valence-corrected chi connectivity index (χ2v) is 2.53. The molecule has 0 unspecified atom stereocenters. The van der Waals surface area contributed by atoms with Crippen molar-refractivity contribution in [2.75, 3.05) is 0 Å². The zero-order valence-electron chi connectivity index (χ0n) is 7.23. The Morgan fingerprint density at radius 1 is 1.31 bits per heavy atom. The highest BCUT2D eigenvalue weighted by molar-refractivity contribution is 7.59. The lowest BCUT2D eigenvalue weighted by molar-refractivity contribution is -0.234. The number of carbonyl (C=O) groups excluding carboxylic acids is 1. The normalized spacial score (nSPS) is 8.15. The van der Waals surface area contributed by atoms with Gasteiger partial charge < -0.3 is 4.89 Å². The molecular weight excluding hydrogens is 200 g/mol. The van der Waals surface area contributed by atoms with Gasteiger partial charge in [0.2, 0.25) is 0 Å². The molecule has 0 saturated heterocycles. The van der Waals surface area contributed by atoms with E-state index < -0.39 is 16.6 Å². The minimum Gasteiger partial charge on any atom is -0.301 e. The van der Waals surface area contributed by atoms with Crippen LogP contribution < -0.4 is 0 Å². The van der Waals surface area contributed by atoms with E-state index in [1.807, 2.05) is 6.92 Å². The van der Waals surface area contributed by atoms with E-state index in [2.05, 4.69) is 4.89 Å². The highest BCUT2D eigenvalue weighted by Gasteiger charge is 1.98. The molecule has 1 N–H and O–H groups in total. The third-order valence-corrected chi connectivity index (χ3v) is 1.09. The lowest BCUT2D eigenvalue weighted by Crippen LogP contribution is -1.99. The fourth-order valence-corrected chi connectivity index (χ4v) is 0.565. The predicted octanol–water partition coefficient (Wildman–Crippen LogP) is 0.579. The number of hydrogen-bond acceptors (Lipinski definition) is 6. The summed E-state index contributed by atoms with van der Waals surface area (Å²) in [6.07, 6.45) is 3.20. The van der Waals surface area contributed by atoms with Gasteiger partial charge in [0.05, 0.1) is 0 Å². The largest absolute Gasteiger partial charge is 0.425 e. The Labute approximate surface area is 77.5 Å². The highest BCUT2D eigenvalue weighted by atomic mass is 32.2. The summed E-state index contributed by atoms with van der Waals surface area (Å²) < 4.78 is 25.3. The summed E-state index contributed by atoms with van der Waals surface area (Å²) in [6, 6.07) is 0. The average molecular weight is 212 g/mol. The molecule has 0 bridgehead atoms. The maximum Gasteiger partial charge on any atom is 0.425 e. The van der Waals surface area contributed by atoms with E-state index >= 15 is 0 Å². The smallest absolute Gasteiger partial charge is 0.301 e. The van der Waals surface area contributed by atoms with E-state index in [4.69, 9.17) is 17.9 Å². The third-order valence-electron chi connectivity index (χ3n) is 1.09. The summed E-state index contributed by atoms with van der Waals surface area (Å²) in [5, 5.41) is 7.78. The van der Waals surface area contributed by atoms with Gasteiger partial charge in [0.25, 0.3) is 0 Å². The topological polar surface area (TPSA) is 97.7 Å². The molecule has 7 heteroatoms. The average Bonchev–Trinajstić information content (AvgIpc) is 2.03. The third kappa shape index (κ3) is 24.7. The highest BCUT2D eigenvalue weighted by Crippen LogP contribution is 1.98. The van der Waals surface area contributed by atoms with E-state index in [-0.39, 0.29) is 0 Å². The van der Waals surface area contributed by atoms with E-state index in [1.165, 1.54) is 0 Å². The van der Waals surface area contributed by atoms with Gasteiger partial charge in [-0.1, -0.05) is 19.8 Å². The molecule has 0 radical (unpaired) electrons. The Hall–Kier alpha value is -0.950. The molecule has 78 valence electrons. The maximum absolute atomic E-state index is 10.2. The number of rotatable bonds is 4. The number of carbonyl (C=O) groups is 1. The summed E-state index contributed by atoms with van der Waals surface area (Å²) in [5.41, 5.74) is 0. The summed E-state index contributed by atoms with van der Waals surface area (Å²) in [7, 11) is -3.11. The quantitative estimate of drug-likeness (QED) is 0.416. The SMILES string of the molecule is CCCCCC(=O)OO.O=S(=O)=O. The first-order valence-corrected chi connectivity index (χ1v) is 4.65. The van der Waals surface area contributed by atoms with Crippen molar-refractivity contribution in [1.29, 1.82) is 0 Å². The van der Waals surface area contributed by atoms with E-state index in [0.29, 0.717) is 6.42 Å². The second-order valence-electron chi connectivity index (χ2n) is 2.12. The number of hydrogen-bond donors (Lipinski definition) is 1. The summed E-state index contributed by atoms with van der Waals surface area (Å²) in [5.74, 6) is -0.538. The van der Waals surface area contributed by atoms with Crippen molar-refractivity contribution >= 4 is 16.6 Å². The van der Waals surface area contributed by atoms with Crippen LogP contribution in [-0.4, -0.2) is 23.9 Å². The maximum atomic E-state index is 10.2. The summed E-state index contributed by atoms with van der Waals surface area (Å²) in [4.78, 5) is 13.7. The molecule has 0 fully saturated rings. The van der Waals surface area contributed by atoms with Crippen LogP contribution in [0.3, 0.4) is 0 Å². The minimum atomic E-state index is -3.11. The van der Waals surface area contributed by atoms with Gasteiger partial charge >= 0.3 is 16.6 Å². The monoisotopic (exact) mass is 212 g/mol. The van der Waals surface area contributed by atoms with Crippen LogP contribution in [0, 0.1) is 0 Å². The Morgan fingerprint density at radius 3 is 2.08 bits per heavy atom. The zero-order chi connectivity index (χ0) is 10.7. The van der Waals surface area contributed by atoms with Crippen LogP contribution >= 0.6 is 0 Å². The Bertz CT molecular complexity index is 210. The van der Waals surface area contributed by atoms with Crippen molar-refractivity contribution in [1.82, 2.24) is 0 Å². The van der Waals surface area contributed by atoms with Crippen molar-refractivity contribution in [3.63, 3.8) is 0 Å². The van der Waals surface area contributed by atoms with Crippen molar-refractivity contribution in [2.45, 2.75) is 32.6 Å².